The lowest BCUT2D eigenvalue weighted by Crippen LogP contribution is -2.38. The van der Waals surface area contributed by atoms with Gasteiger partial charge in [-0.1, -0.05) is 13.8 Å². The van der Waals surface area contributed by atoms with Gasteiger partial charge in [0, 0.05) is 37.9 Å². The molecule has 0 bridgehead atoms. The molecular weight excluding hydrogens is 212 g/mol. The predicted molar refractivity (Wildman–Crippen MR) is 72.0 cm³/mol. The van der Waals surface area contributed by atoms with E-state index >= 15 is 0 Å². The van der Waals surface area contributed by atoms with E-state index in [9.17, 15) is 0 Å². The minimum absolute atomic E-state index is 0.509. The number of hydrogen-bond acceptors (Lipinski definition) is 3. The molecule has 17 heavy (non-hydrogen) atoms. The van der Waals surface area contributed by atoms with Gasteiger partial charge >= 0.3 is 0 Å². The zero-order chi connectivity index (χ0) is 12.8. The van der Waals surface area contributed by atoms with Crippen molar-refractivity contribution in [3.63, 3.8) is 0 Å². The Morgan fingerprint density at radius 1 is 1.41 bits per heavy atom. The van der Waals surface area contributed by atoms with Crippen LogP contribution in [-0.4, -0.2) is 40.4 Å². The molecule has 1 N–H and O–H groups in total. The average molecular weight is 238 g/mol. The van der Waals surface area contributed by atoms with E-state index in [1.165, 1.54) is 5.56 Å². The molecule has 0 aliphatic carbocycles. The largest absolute Gasteiger partial charge is 0.309 e. The molecule has 1 rings (SSSR count). The molecule has 0 spiro atoms. The molecule has 1 aromatic rings. The van der Waals surface area contributed by atoms with Crippen molar-refractivity contribution in [1.29, 1.82) is 0 Å². The van der Waals surface area contributed by atoms with Gasteiger partial charge in [0.15, 0.2) is 0 Å². The SMILES string of the molecule is CCN(CC)CC(C)NCc1cn(C)nc1C. The van der Waals surface area contributed by atoms with Gasteiger partial charge in [0.2, 0.25) is 0 Å². The molecule has 1 unspecified atom stereocenters. The zero-order valence-electron chi connectivity index (χ0n) is 11.8. The van der Waals surface area contributed by atoms with Crippen LogP contribution in [0.3, 0.4) is 0 Å². The molecule has 0 amide bonds. The quantitative estimate of drug-likeness (QED) is 0.782. The number of nitrogens with zero attached hydrogens (tertiary/aromatic N) is 3. The van der Waals surface area contributed by atoms with Crippen molar-refractivity contribution in [3.05, 3.63) is 17.5 Å². The van der Waals surface area contributed by atoms with Gasteiger partial charge in [-0.2, -0.15) is 5.10 Å². The van der Waals surface area contributed by atoms with Crippen molar-refractivity contribution in [1.82, 2.24) is 20.0 Å². The number of aryl methyl sites for hydroxylation is 2. The molecule has 0 aromatic carbocycles. The van der Waals surface area contributed by atoms with E-state index < -0.39 is 0 Å². The summed E-state index contributed by atoms with van der Waals surface area (Å²) < 4.78 is 1.88. The molecule has 0 radical (unpaired) electrons. The third-order valence-electron chi connectivity index (χ3n) is 3.18. The molecular formula is C13H26N4. The van der Waals surface area contributed by atoms with Crippen LogP contribution in [0, 0.1) is 6.92 Å². The van der Waals surface area contributed by atoms with E-state index in [4.69, 9.17) is 0 Å². The second-order valence-corrected chi connectivity index (χ2v) is 4.68. The Morgan fingerprint density at radius 3 is 2.53 bits per heavy atom. The maximum atomic E-state index is 4.35. The van der Waals surface area contributed by atoms with E-state index in [-0.39, 0.29) is 0 Å². The van der Waals surface area contributed by atoms with E-state index in [1.807, 2.05) is 11.7 Å². The van der Waals surface area contributed by atoms with E-state index in [1.54, 1.807) is 0 Å². The minimum atomic E-state index is 0.509. The second-order valence-electron chi connectivity index (χ2n) is 4.68. The summed E-state index contributed by atoms with van der Waals surface area (Å²) in [4.78, 5) is 2.44. The van der Waals surface area contributed by atoms with Crippen LogP contribution >= 0.6 is 0 Å². The van der Waals surface area contributed by atoms with Crippen LogP contribution in [0.4, 0.5) is 0 Å². The van der Waals surface area contributed by atoms with Crippen molar-refractivity contribution >= 4 is 0 Å². The topological polar surface area (TPSA) is 33.1 Å². The summed E-state index contributed by atoms with van der Waals surface area (Å²) >= 11 is 0. The number of hydrogen-bond donors (Lipinski definition) is 1. The Hall–Kier alpha value is -0.870. The van der Waals surface area contributed by atoms with Gasteiger partial charge in [0.25, 0.3) is 0 Å². The van der Waals surface area contributed by atoms with Crippen molar-refractivity contribution in [2.75, 3.05) is 19.6 Å². The lowest BCUT2D eigenvalue weighted by atomic mass is 10.2. The highest BCUT2D eigenvalue weighted by molar-refractivity contribution is 5.14. The minimum Gasteiger partial charge on any atom is -0.309 e. The summed E-state index contributed by atoms with van der Waals surface area (Å²) in [7, 11) is 1.97. The highest BCUT2D eigenvalue weighted by atomic mass is 15.3. The molecule has 0 aliphatic rings. The first-order chi connectivity index (χ1) is 8.06. The maximum absolute atomic E-state index is 4.35. The van der Waals surface area contributed by atoms with E-state index in [0.717, 1.165) is 31.9 Å². The Balaban J connectivity index is 2.37. The van der Waals surface area contributed by atoms with Gasteiger partial charge in [-0.05, 0) is 26.9 Å². The summed E-state index contributed by atoms with van der Waals surface area (Å²) in [6, 6.07) is 0.509. The third-order valence-corrected chi connectivity index (χ3v) is 3.18. The van der Waals surface area contributed by atoms with Gasteiger partial charge in [-0.3, -0.25) is 4.68 Å². The Labute approximate surface area is 105 Å². The fraction of sp³-hybridized carbons (Fsp3) is 0.769. The van der Waals surface area contributed by atoms with E-state index in [0.29, 0.717) is 6.04 Å². The molecule has 1 aromatic heterocycles. The molecule has 4 heteroatoms. The van der Waals surface area contributed by atoms with Crippen LogP contribution in [0.15, 0.2) is 6.20 Å². The molecule has 0 saturated carbocycles. The van der Waals surface area contributed by atoms with Crippen LogP contribution in [-0.2, 0) is 13.6 Å². The second kappa shape index (κ2) is 6.77. The summed E-state index contributed by atoms with van der Waals surface area (Å²) in [6.07, 6.45) is 2.09. The molecule has 1 atom stereocenters. The van der Waals surface area contributed by atoms with Crippen LogP contribution in [0.5, 0.6) is 0 Å². The van der Waals surface area contributed by atoms with Gasteiger partial charge in [0.05, 0.1) is 5.69 Å². The summed E-state index contributed by atoms with van der Waals surface area (Å²) in [6.45, 7) is 13.0. The van der Waals surface area contributed by atoms with Gasteiger partial charge in [0.1, 0.15) is 0 Å². The highest BCUT2D eigenvalue weighted by Crippen LogP contribution is 2.04. The smallest absolute Gasteiger partial charge is 0.0638 e. The summed E-state index contributed by atoms with van der Waals surface area (Å²) in [5.41, 5.74) is 2.41. The lowest BCUT2D eigenvalue weighted by molar-refractivity contribution is 0.270. The fourth-order valence-electron chi connectivity index (χ4n) is 2.04. The van der Waals surface area contributed by atoms with E-state index in [2.05, 4.69) is 49.2 Å². The predicted octanol–water partition coefficient (Wildman–Crippen LogP) is 1.55. The zero-order valence-corrected chi connectivity index (χ0v) is 11.8. The first kappa shape index (κ1) is 14.2. The normalized spacial score (nSPS) is 13.3. The number of rotatable bonds is 7. The first-order valence-corrected chi connectivity index (χ1v) is 6.51. The van der Waals surface area contributed by atoms with Crippen LogP contribution in [0.25, 0.3) is 0 Å². The number of likely N-dealkylation sites (N-methyl/N-ethyl adjacent to an activating group) is 1. The summed E-state index contributed by atoms with van der Waals surface area (Å²) in [5.74, 6) is 0. The Morgan fingerprint density at radius 2 is 2.06 bits per heavy atom. The Kier molecular flexibility index (Phi) is 5.65. The average Bonchev–Trinajstić information content (AvgIpc) is 2.62. The van der Waals surface area contributed by atoms with Gasteiger partial charge in [-0.15, -0.1) is 0 Å². The highest BCUT2D eigenvalue weighted by Gasteiger charge is 2.08. The Bertz CT molecular complexity index is 328. The molecule has 0 saturated heterocycles. The standard InChI is InChI=1S/C13H26N4/c1-6-17(7-2)9-11(3)14-8-13-10-16(5)15-12(13)4/h10-11,14H,6-9H2,1-5H3. The molecule has 1 heterocycles. The third kappa shape index (κ3) is 4.48. The van der Waals surface area contributed by atoms with Crippen molar-refractivity contribution in [3.8, 4) is 0 Å². The van der Waals surface area contributed by atoms with Crippen molar-refractivity contribution < 1.29 is 0 Å². The molecule has 4 nitrogen and oxygen atoms in total. The molecule has 0 aliphatic heterocycles. The fourth-order valence-corrected chi connectivity index (χ4v) is 2.04. The van der Waals surface area contributed by atoms with Crippen LogP contribution in [0.2, 0.25) is 0 Å². The first-order valence-electron chi connectivity index (χ1n) is 6.51. The van der Waals surface area contributed by atoms with Gasteiger partial charge < -0.3 is 10.2 Å². The van der Waals surface area contributed by atoms with Gasteiger partial charge in [-0.25, -0.2) is 0 Å². The number of nitrogens with one attached hydrogen (secondary N) is 1. The summed E-state index contributed by atoms with van der Waals surface area (Å²) in [5, 5.41) is 7.91. The van der Waals surface area contributed by atoms with Crippen LogP contribution < -0.4 is 5.32 Å². The molecule has 0 fully saturated rings. The maximum Gasteiger partial charge on any atom is 0.0638 e. The number of aromatic nitrogens is 2. The van der Waals surface area contributed by atoms with Crippen LogP contribution in [0.1, 0.15) is 32.0 Å². The monoisotopic (exact) mass is 238 g/mol. The van der Waals surface area contributed by atoms with Crippen molar-refractivity contribution in [2.24, 2.45) is 7.05 Å². The van der Waals surface area contributed by atoms with Crippen molar-refractivity contribution in [2.45, 2.75) is 40.3 Å². The molecule has 98 valence electrons. The lowest BCUT2D eigenvalue weighted by Gasteiger charge is -2.23.